The SMILES string of the molecule is O=C(CCSc1ccc2c(c1)OCCO2)NC1CCc2nncn2CC1. The summed E-state index contributed by atoms with van der Waals surface area (Å²) in [7, 11) is 0. The van der Waals surface area contributed by atoms with Crippen LogP contribution in [0.4, 0.5) is 0 Å². The van der Waals surface area contributed by atoms with Crippen molar-refractivity contribution >= 4 is 17.7 Å². The average Bonchev–Trinajstić information content (AvgIpc) is 3.03. The number of aryl methyl sites for hydroxylation is 2. The van der Waals surface area contributed by atoms with Crippen molar-refractivity contribution in [2.75, 3.05) is 19.0 Å². The first-order chi connectivity index (χ1) is 12.8. The van der Waals surface area contributed by atoms with Gasteiger partial charge in [-0.15, -0.1) is 22.0 Å². The van der Waals surface area contributed by atoms with Crippen LogP contribution in [0.3, 0.4) is 0 Å². The summed E-state index contributed by atoms with van der Waals surface area (Å²) in [6, 6.07) is 6.14. The molecule has 1 amide bonds. The summed E-state index contributed by atoms with van der Waals surface area (Å²) >= 11 is 1.66. The molecule has 0 spiro atoms. The van der Waals surface area contributed by atoms with Gasteiger partial charge in [-0.1, -0.05) is 0 Å². The number of nitrogens with zero attached hydrogens (tertiary/aromatic N) is 3. The molecule has 0 saturated heterocycles. The van der Waals surface area contributed by atoms with Gasteiger partial charge in [0.2, 0.25) is 5.91 Å². The van der Waals surface area contributed by atoms with Gasteiger partial charge in [-0.2, -0.15) is 0 Å². The van der Waals surface area contributed by atoms with Gasteiger partial charge in [-0.3, -0.25) is 4.79 Å². The van der Waals surface area contributed by atoms with Crippen LogP contribution >= 0.6 is 11.8 Å². The average molecular weight is 374 g/mol. The van der Waals surface area contributed by atoms with E-state index in [9.17, 15) is 4.79 Å². The third-order valence-electron chi connectivity index (χ3n) is 4.61. The number of benzene rings is 1. The highest BCUT2D eigenvalue weighted by molar-refractivity contribution is 7.99. The lowest BCUT2D eigenvalue weighted by atomic mass is 10.1. The fourth-order valence-electron chi connectivity index (χ4n) is 3.22. The minimum Gasteiger partial charge on any atom is -0.486 e. The standard InChI is InChI=1S/C18H22N4O3S/c23-18(20-13-1-4-17-21-19-12-22(17)7-5-13)6-10-26-14-2-3-15-16(11-14)25-9-8-24-15/h2-3,11-13H,1,4-10H2,(H,20,23). The van der Waals surface area contributed by atoms with E-state index in [0.29, 0.717) is 19.6 Å². The maximum Gasteiger partial charge on any atom is 0.221 e. The summed E-state index contributed by atoms with van der Waals surface area (Å²) < 4.78 is 13.2. The Bertz CT molecular complexity index is 757. The van der Waals surface area contributed by atoms with Crippen LogP contribution in [-0.2, 0) is 17.8 Å². The Morgan fingerprint density at radius 3 is 3.08 bits per heavy atom. The molecule has 7 nitrogen and oxygen atoms in total. The zero-order valence-electron chi connectivity index (χ0n) is 14.5. The van der Waals surface area contributed by atoms with Gasteiger partial charge in [-0.25, -0.2) is 0 Å². The molecule has 138 valence electrons. The molecule has 1 atom stereocenters. The molecule has 3 heterocycles. The van der Waals surface area contributed by atoms with E-state index in [2.05, 4.69) is 20.1 Å². The van der Waals surface area contributed by atoms with Crippen LogP contribution in [0.5, 0.6) is 11.5 Å². The Kier molecular flexibility index (Phi) is 5.29. The predicted molar refractivity (Wildman–Crippen MR) is 97.7 cm³/mol. The molecule has 4 rings (SSSR count). The van der Waals surface area contributed by atoms with Gasteiger partial charge in [0.05, 0.1) is 0 Å². The summed E-state index contributed by atoms with van der Waals surface area (Å²) in [6.07, 6.45) is 4.97. The molecular weight excluding hydrogens is 352 g/mol. The third-order valence-corrected chi connectivity index (χ3v) is 5.60. The number of carbonyl (C=O) groups is 1. The van der Waals surface area contributed by atoms with Crippen molar-refractivity contribution in [1.82, 2.24) is 20.1 Å². The van der Waals surface area contributed by atoms with Crippen LogP contribution in [0.2, 0.25) is 0 Å². The van der Waals surface area contributed by atoms with Crippen LogP contribution in [-0.4, -0.2) is 45.7 Å². The highest BCUT2D eigenvalue weighted by Gasteiger charge is 2.18. The van der Waals surface area contributed by atoms with Gasteiger partial charge >= 0.3 is 0 Å². The summed E-state index contributed by atoms with van der Waals surface area (Å²) in [5.41, 5.74) is 0. The van der Waals surface area contributed by atoms with E-state index in [4.69, 9.17) is 9.47 Å². The van der Waals surface area contributed by atoms with E-state index in [0.717, 1.165) is 53.8 Å². The lowest BCUT2D eigenvalue weighted by molar-refractivity contribution is -0.121. The molecule has 1 aromatic carbocycles. The van der Waals surface area contributed by atoms with Gasteiger partial charge in [0.1, 0.15) is 25.4 Å². The number of nitrogens with one attached hydrogen (secondary N) is 1. The topological polar surface area (TPSA) is 78.3 Å². The van der Waals surface area contributed by atoms with Gasteiger partial charge in [0.25, 0.3) is 0 Å². The summed E-state index contributed by atoms with van der Waals surface area (Å²) in [5, 5.41) is 11.2. The number of thioether (sulfide) groups is 1. The van der Waals surface area contributed by atoms with E-state index in [-0.39, 0.29) is 11.9 Å². The number of ether oxygens (including phenoxy) is 2. The molecule has 0 fully saturated rings. The second-order valence-electron chi connectivity index (χ2n) is 6.44. The van der Waals surface area contributed by atoms with Crippen LogP contribution in [0.25, 0.3) is 0 Å². The minimum absolute atomic E-state index is 0.109. The van der Waals surface area contributed by atoms with Crippen molar-refractivity contribution in [2.45, 2.75) is 43.2 Å². The number of carbonyl (C=O) groups excluding carboxylic acids is 1. The minimum atomic E-state index is 0.109. The van der Waals surface area contributed by atoms with E-state index in [1.165, 1.54) is 0 Å². The largest absolute Gasteiger partial charge is 0.486 e. The molecule has 0 aliphatic carbocycles. The lowest BCUT2D eigenvalue weighted by Gasteiger charge is -2.18. The molecule has 2 aromatic rings. The zero-order valence-corrected chi connectivity index (χ0v) is 15.3. The van der Waals surface area contributed by atoms with Gasteiger partial charge in [0.15, 0.2) is 11.5 Å². The van der Waals surface area contributed by atoms with Gasteiger partial charge in [0, 0.05) is 36.1 Å². The Morgan fingerprint density at radius 2 is 2.15 bits per heavy atom. The highest BCUT2D eigenvalue weighted by Crippen LogP contribution is 2.34. The molecule has 0 radical (unpaired) electrons. The zero-order chi connectivity index (χ0) is 17.8. The highest BCUT2D eigenvalue weighted by atomic mass is 32.2. The maximum absolute atomic E-state index is 12.3. The predicted octanol–water partition coefficient (Wildman–Crippen LogP) is 2.05. The summed E-state index contributed by atoms with van der Waals surface area (Å²) in [4.78, 5) is 13.3. The van der Waals surface area contributed by atoms with Crippen LogP contribution in [0, 0.1) is 0 Å². The molecular formula is C18H22N4O3S. The van der Waals surface area contributed by atoms with Crippen molar-refractivity contribution in [2.24, 2.45) is 0 Å². The molecule has 1 unspecified atom stereocenters. The van der Waals surface area contributed by atoms with Crippen LogP contribution in [0.1, 0.15) is 25.1 Å². The van der Waals surface area contributed by atoms with Gasteiger partial charge in [-0.05, 0) is 31.0 Å². The second kappa shape index (κ2) is 7.99. The van der Waals surface area contributed by atoms with Crippen molar-refractivity contribution in [1.29, 1.82) is 0 Å². The van der Waals surface area contributed by atoms with Crippen molar-refractivity contribution in [3.8, 4) is 11.5 Å². The number of hydrogen-bond donors (Lipinski definition) is 1. The maximum atomic E-state index is 12.3. The van der Waals surface area contributed by atoms with E-state index < -0.39 is 0 Å². The molecule has 26 heavy (non-hydrogen) atoms. The fourth-order valence-corrected chi connectivity index (χ4v) is 4.10. The van der Waals surface area contributed by atoms with Crippen LogP contribution < -0.4 is 14.8 Å². The first-order valence-corrected chi connectivity index (χ1v) is 9.95. The normalized spacial score (nSPS) is 18.7. The molecule has 1 N–H and O–H groups in total. The Hall–Kier alpha value is -2.22. The van der Waals surface area contributed by atoms with E-state index in [1.807, 2.05) is 18.2 Å². The molecule has 2 aliphatic heterocycles. The number of fused-ring (bicyclic) bond motifs is 2. The first kappa shape index (κ1) is 17.2. The molecule has 1 aromatic heterocycles. The smallest absolute Gasteiger partial charge is 0.221 e. The summed E-state index contributed by atoms with van der Waals surface area (Å²) in [5.74, 6) is 3.44. The lowest BCUT2D eigenvalue weighted by Crippen LogP contribution is -2.35. The molecule has 0 saturated carbocycles. The number of hydrogen-bond acceptors (Lipinski definition) is 6. The van der Waals surface area contributed by atoms with Crippen LogP contribution in [0.15, 0.2) is 29.4 Å². The van der Waals surface area contributed by atoms with Gasteiger partial charge < -0.3 is 19.4 Å². The summed E-state index contributed by atoms with van der Waals surface area (Å²) in [6.45, 7) is 2.04. The molecule has 8 heteroatoms. The fraction of sp³-hybridized carbons (Fsp3) is 0.500. The number of amides is 1. The van der Waals surface area contributed by atoms with Crippen molar-refractivity contribution < 1.29 is 14.3 Å². The Labute approximate surface area is 156 Å². The van der Waals surface area contributed by atoms with Crippen molar-refractivity contribution in [3.63, 3.8) is 0 Å². The quantitative estimate of drug-likeness (QED) is 0.807. The number of aromatic nitrogens is 3. The van der Waals surface area contributed by atoms with Crippen molar-refractivity contribution in [3.05, 3.63) is 30.4 Å². The molecule has 2 aliphatic rings. The van der Waals surface area contributed by atoms with E-state index in [1.54, 1.807) is 18.1 Å². The second-order valence-corrected chi connectivity index (χ2v) is 7.60. The molecule has 0 bridgehead atoms. The number of rotatable bonds is 5. The monoisotopic (exact) mass is 374 g/mol. The Morgan fingerprint density at radius 1 is 1.27 bits per heavy atom. The van der Waals surface area contributed by atoms with E-state index >= 15 is 0 Å². The third kappa shape index (κ3) is 4.12. The Balaban J connectivity index is 1.21. The first-order valence-electron chi connectivity index (χ1n) is 8.96.